The van der Waals surface area contributed by atoms with Crippen molar-refractivity contribution in [3.8, 4) is 28.3 Å². The zero-order chi connectivity index (χ0) is 25.2. The predicted octanol–water partition coefficient (Wildman–Crippen LogP) is 3.30. The molecule has 1 aliphatic rings. The van der Waals surface area contributed by atoms with Crippen LogP contribution in [0.4, 0.5) is 5.82 Å². The van der Waals surface area contributed by atoms with Gasteiger partial charge in [0.05, 0.1) is 49.1 Å². The van der Waals surface area contributed by atoms with E-state index in [0.717, 1.165) is 51.7 Å². The second kappa shape index (κ2) is 9.64. The molecule has 0 radical (unpaired) electrons. The molecule has 1 fully saturated rings. The molecule has 5 aromatic rings. The minimum atomic E-state index is -0.257. The third-order valence-electron chi connectivity index (χ3n) is 6.53. The Kier molecular flexibility index (Phi) is 6.03. The molecule has 0 amide bonds. The van der Waals surface area contributed by atoms with Crippen molar-refractivity contribution in [2.45, 2.75) is 18.5 Å². The summed E-state index contributed by atoms with van der Waals surface area (Å²) >= 11 is 0. The Morgan fingerprint density at radius 3 is 2.68 bits per heavy atom. The van der Waals surface area contributed by atoms with Crippen LogP contribution in [0.3, 0.4) is 0 Å². The number of anilines is 1. The van der Waals surface area contributed by atoms with E-state index in [1.165, 1.54) is 0 Å². The summed E-state index contributed by atoms with van der Waals surface area (Å²) in [6, 6.07) is 14.2. The lowest BCUT2D eigenvalue weighted by Gasteiger charge is -2.37. The van der Waals surface area contributed by atoms with Crippen LogP contribution in [0, 0.1) is 0 Å². The number of aromatic nitrogens is 6. The fourth-order valence-electron chi connectivity index (χ4n) is 4.29. The fraction of sp³-hybridized carbons (Fsp3) is 0.259. The van der Waals surface area contributed by atoms with Crippen LogP contribution in [-0.4, -0.2) is 54.5 Å². The van der Waals surface area contributed by atoms with E-state index >= 15 is 0 Å². The van der Waals surface area contributed by atoms with Crippen LogP contribution < -0.4 is 15.8 Å². The molecule has 0 unspecified atom stereocenters. The van der Waals surface area contributed by atoms with Crippen molar-refractivity contribution >= 4 is 11.5 Å². The highest BCUT2D eigenvalue weighted by Crippen LogP contribution is 2.25. The van der Waals surface area contributed by atoms with Crippen LogP contribution in [0.15, 0.2) is 73.6 Å². The Morgan fingerprint density at radius 1 is 1.05 bits per heavy atom. The third-order valence-corrected chi connectivity index (χ3v) is 6.53. The van der Waals surface area contributed by atoms with Crippen LogP contribution >= 0.6 is 0 Å². The number of hydrogen-bond donors (Lipinski definition) is 2. The third kappa shape index (κ3) is 5.02. The SMILES string of the molecule is Cn1cc(-c2ccc(CNc3cc(-c4cnc5cc(OCCC6(N)COC6)ccn45)ncn3)cc2)cn1. The number of rotatable bonds is 9. The number of nitrogens with one attached hydrogen (secondary N) is 1. The standard InChI is InChI=1S/C27H28N8O2/c1-34-15-21(13-33-34)20-4-2-19(3-5-20)12-29-25-11-23(31-18-32-25)24-14-30-26-10-22(6-8-35(24)26)37-9-7-27(28)16-36-17-27/h2-6,8,10-11,13-15,18H,7,9,12,16-17,28H2,1H3,(H,29,31,32). The molecule has 0 aliphatic carbocycles. The molecule has 1 aromatic carbocycles. The van der Waals surface area contributed by atoms with Crippen molar-refractivity contribution in [1.82, 2.24) is 29.1 Å². The summed E-state index contributed by atoms with van der Waals surface area (Å²) in [5, 5.41) is 7.63. The van der Waals surface area contributed by atoms with Gasteiger partial charge >= 0.3 is 0 Å². The van der Waals surface area contributed by atoms with E-state index < -0.39 is 0 Å². The summed E-state index contributed by atoms with van der Waals surface area (Å²) in [5.41, 5.74) is 11.7. The first-order valence-corrected chi connectivity index (χ1v) is 12.2. The van der Waals surface area contributed by atoms with Crippen molar-refractivity contribution in [2.24, 2.45) is 12.8 Å². The predicted molar refractivity (Wildman–Crippen MR) is 140 cm³/mol. The smallest absolute Gasteiger partial charge is 0.140 e. The molecular formula is C27H28N8O2. The Bertz CT molecular complexity index is 1520. The highest BCUT2D eigenvalue weighted by molar-refractivity contribution is 5.64. The first-order valence-electron chi connectivity index (χ1n) is 12.2. The first-order chi connectivity index (χ1) is 18.0. The van der Waals surface area contributed by atoms with Crippen LogP contribution in [0.5, 0.6) is 5.75 Å². The molecular weight excluding hydrogens is 468 g/mol. The Hall–Kier alpha value is -4.28. The van der Waals surface area contributed by atoms with E-state index in [1.807, 2.05) is 54.4 Å². The van der Waals surface area contributed by atoms with Gasteiger partial charge < -0.3 is 20.5 Å². The summed E-state index contributed by atoms with van der Waals surface area (Å²) in [5.74, 6) is 1.50. The molecule has 37 heavy (non-hydrogen) atoms. The Morgan fingerprint density at radius 2 is 1.92 bits per heavy atom. The molecule has 6 rings (SSSR count). The average Bonchev–Trinajstić information content (AvgIpc) is 3.53. The van der Waals surface area contributed by atoms with Gasteiger partial charge in [-0.15, -0.1) is 0 Å². The summed E-state index contributed by atoms with van der Waals surface area (Å²) < 4.78 is 14.9. The normalized spacial score (nSPS) is 14.4. The zero-order valence-corrected chi connectivity index (χ0v) is 20.5. The lowest BCUT2D eigenvalue weighted by atomic mass is 9.95. The van der Waals surface area contributed by atoms with Crippen molar-refractivity contribution in [2.75, 3.05) is 25.1 Å². The number of imidazole rings is 1. The van der Waals surface area contributed by atoms with Gasteiger partial charge in [-0.3, -0.25) is 9.08 Å². The molecule has 0 bridgehead atoms. The highest BCUT2D eigenvalue weighted by Gasteiger charge is 2.33. The maximum Gasteiger partial charge on any atom is 0.140 e. The molecule has 4 aromatic heterocycles. The number of hydrogen-bond acceptors (Lipinski definition) is 8. The summed E-state index contributed by atoms with van der Waals surface area (Å²) in [7, 11) is 1.92. The maximum atomic E-state index is 6.18. The van der Waals surface area contributed by atoms with Gasteiger partial charge in [-0.2, -0.15) is 5.10 Å². The van der Waals surface area contributed by atoms with Gasteiger partial charge in [0, 0.05) is 50.1 Å². The fourth-order valence-corrected chi connectivity index (χ4v) is 4.29. The number of benzene rings is 1. The van der Waals surface area contributed by atoms with Gasteiger partial charge in [-0.25, -0.2) is 15.0 Å². The van der Waals surface area contributed by atoms with Gasteiger partial charge in [0.15, 0.2) is 0 Å². The highest BCUT2D eigenvalue weighted by atomic mass is 16.5. The molecule has 5 heterocycles. The number of aryl methyl sites for hydroxylation is 1. The topological polar surface area (TPSA) is 117 Å². The van der Waals surface area contributed by atoms with Gasteiger partial charge in [0.1, 0.15) is 23.5 Å². The first kappa shape index (κ1) is 23.1. The molecule has 1 aliphatic heterocycles. The van der Waals surface area contributed by atoms with E-state index in [4.69, 9.17) is 15.2 Å². The van der Waals surface area contributed by atoms with E-state index in [-0.39, 0.29) is 5.54 Å². The van der Waals surface area contributed by atoms with Gasteiger partial charge in [-0.1, -0.05) is 24.3 Å². The van der Waals surface area contributed by atoms with Crippen molar-refractivity contribution in [3.05, 3.63) is 79.1 Å². The van der Waals surface area contributed by atoms with Crippen LogP contribution in [0.25, 0.3) is 28.2 Å². The van der Waals surface area contributed by atoms with Crippen molar-refractivity contribution in [1.29, 1.82) is 0 Å². The number of pyridine rings is 1. The second-order valence-corrected chi connectivity index (χ2v) is 9.43. The number of nitrogens with two attached hydrogens (primary N) is 1. The lowest BCUT2D eigenvalue weighted by Crippen LogP contribution is -2.58. The number of fused-ring (bicyclic) bond motifs is 1. The molecule has 0 saturated carbocycles. The Balaban J connectivity index is 1.11. The quantitative estimate of drug-likeness (QED) is 0.319. The molecule has 1 saturated heterocycles. The Labute approximate surface area is 214 Å². The summed E-state index contributed by atoms with van der Waals surface area (Å²) in [6.45, 7) is 2.37. The van der Waals surface area contributed by atoms with E-state index in [0.29, 0.717) is 26.4 Å². The van der Waals surface area contributed by atoms with Crippen LogP contribution in [-0.2, 0) is 18.3 Å². The van der Waals surface area contributed by atoms with E-state index in [9.17, 15) is 0 Å². The molecule has 0 atom stereocenters. The molecule has 3 N–H and O–H groups in total. The largest absolute Gasteiger partial charge is 0.493 e. The zero-order valence-electron chi connectivity index (χ0n) is 20.5. The summed E-state index contributed by atoms with van der Waals surface area (Å²) in [4.78, 5) is 13.4. The van der Waals surface area contributed by atoms with E-state index in [2.05, 4.69) is 49.6 Å². The monoisotopic (exact) mass is 496 g/mol. The minimum absolute atomic E-state index is 0.257. The van der Waals surface area contributed by atoms with Gasteiger partial charge in [-0.05, 0) is 17.2 Å². The molecule has 10 heteroatoms. The molecule has 10 nitrogen and oxygen atoms in total. The maximum absolute atomic E-state index is 6.18. The average molecular weight is 497 g/mol. The number of nitrogens with zero attached hydrogens (tertiary/aromatic N) is 6. The summed E-state index contributed by atoms with van der Waals surface area (Å²) in [6.07, 6.45) is 9.94. The lowest BCUT2D eigenvalue weighted by molar-refractivity contribution is -0.0616. The van der Waals surface area contributed by atoms with Crippen molar-refractivity contribution < 1.29 is 9.47 Å². The molecule has 0 spiro atoms. The van der Waals surface area contributed by atoms with Crippen LogP contribution in [0.1, 0.15) is 12.0 Å². The second-order valence-electron chi connectivity index (χ2n) is 9.43. The van der Waals surface area contributed by atoms with Gasteiger partial charge in [0.2, 0.25) is 0 Å². The van der Waals surface area contributed by atoms with E-state index in [1.54, 1.807) is 11.0 Å². The number of ether oxygens (including phenoxy) is 2. The molecule has 188 valence electrons. The minimum Gasteiger partial charge on any atom is -0.493 e. The van der Waals surface area contributed by atoms with Crippen LogP contribution in [0.2, 0.25) is 0 Å². The van der Waals surface area contributed by atoms with Crippen molar-refractivity contribution in [3.63, 3.8) is 0 Å². The van der Waals surface area contributed by atoms with Gasteiger partial charge in [0.25, 0.3) is 0 Å².